The molecule has 1 rings (SSSR count). The van der Waals surface area contributed by atoms with Gasteiger partial charge in [-0.15, -0.1) is 11.6 Å². The van der Waals surface area contributed by atoms with Crippen LogP contribution in [-0.2, 0) is 13.0 Å². The minimum Gasteiger partial charge on any atom is -0.335 e. The van der Waals surface area contributed by atoms with Crippen LogP contribution < -0.4 is 0 Å². The van der Waals surface area contributed by atoms with Crippen LogP contribution in [0.3, 0.4) is 0 Å². The Morgan fingerprint density at radius 1 is 1.60 bits per heavy atom. The lowest BCUT2D eigenvalue weighted by Gasteiger charge is -2.06. The molecule has 0 radical (unpaired) electrons. The predicted molar refractivity (Wildman–Crippen MR) is 65.3 cm³/mol. The van der Waals surface area contributed by atoms with Crippen molar-refractivity contribution in [2.75, 3.05) is 5.88 Å². The Morgan fingerprint density at radius 2 is 2.40 bits per heavy atom. The van der Waals surface area contributed by atoms with Gasteiger partial charge in [-0.2, -0.15) is 0 Å². The van der Waals surface area contributed by atoms with Gasteiger partial charge in [-0.05, 0) is 19.8 Å². The van der Waals surface area contributed by atoms with E-state index in [2.05, 4.69) is 29.5 Å². The number of nitrogens with zero attached hydrogens (tertiary/aromatic N) is 2. The molecule has 0 aliphatic carbocycles. The minimum absolute atomic E-state index is 0.695. The zero-order valence-electron chi connectivity index (χ0n) is 9.54. The van der Waals surface area contributed by atoms with Crippen molar-refractivity contribution in [3.8, 4) is 0 Å². The first-order chi connectivity index (χ1) is 7.27. The standard InChI is InChI=1S/C12H19ClN2/c1-3-8-15-9-7-14-12(15)10-11(2)5-4-6-13/h5,7,9H,3-4,6,8,10H2,1-2H3. The van der Waals surface area contributed by atoms with E-state index in [-0.39, 0.29) is 0 Å². The number of aryl methyl sites for hydroxylation is 1. The summed E-state index contributed by atoms with van der Waals surface area (Å²) in [5, 5.41) is 0. The highest BCUT2D eigenvalue weighted by Gasteiger charge is 2.02. The monoisotopic (exact) mass is 226 g/mol. The van der Waals surface area contributed by atoms with E-state index in [0.717, 1.165) is 31.6 Å². The smallest absolute Gasteiger partial charge is 0.112 e. The maximum atomic E-state index is 5.64. The highest BCUT2D eigenvalue weighted by Crippen LogP contribution is 2.08. The molecule has 0 aromatic carbocycles. The van der Waals surface area contributed by atoms with Gasteiger partial charge in [0, 0.05) is 31.2 Å². The molecule has 15 heavy (non-hydrogen) atoms. The van der Waals surface area contributed by atoms with Crippen LogP contribution in [0.4, 0.5) is 0 Å². The van der Waals surface area contributed by atoms with Crippen LogP contribution >= 0.6 is 11.6 Å². The molecule has 0 N–H and O–H groups in total. The lowest BCUT2D eigenvalue weighted by molar-refractivity contribution is 0.645. The molecule has 1 heterocycles. The van der Waals surface area contributed by atoms with E-state index < -0.39 is 0 Å². The van der Waals surface area contributed by atoms with Gasteiger partial charge in [0.25, 0.3) is 0 Å². The lowest BCUT2D eigenvalue weighted by Crippen LogP contribution is -2.03. The summed E-state index contributed by atoms with van der Waals surface area (Å²) in [5.74, 6) is 1.85. The Balaban J connectivity index is 2.59. The summed E-state index contributed by atoms with van der Waals surface area (Å²) in [5.41, 5.74) is 1.35. The second kappa shape index (κ2) is 6.67. The van der Waals surface area contributed by atoms with Gasteiger partial charge in [-0.3, -0.25) is 0 Å². The van der Waals surface area contributed by atoms with Gasteiger partial charge in [0.05, 0.1) is 0 Å². The molecule has 84 valence electrons. The van der Waals surface area contributed by atoms with E-state index in [1.807, 2.05) is 12.4 Å². The van der Waals surface area contributed by atoms with Crippen LogP contribution in [0.2, 0.25) is 0 Å². The van der Waals surface area contributed by atoms with Crippen molar-refractivity contribution < 1.29 is 0 Å². The second-order valence-corrected chi connectivity index (χ2v) is 4.12. The second-order valence-electron chi connectivity index (χ2n) is 3.74. The van der Waals surface area contributed by atoms with Gasteiger partial charge in [0.2, 0.25) is 0 Å². The molecule has 2 nitrogen and oxygen atoms in total. The molecule has 0 saturated heterocycles. The summed E-state index contributed by atoms with van der Waals surface area (Å²) in [4.78, 5) is 4.37. The summed E-state index contributed by atoms with van der Waals surface area (Å²) in [6.07, 6.45) is 9.14. The number of alkyl halides is 1. The molecule has 0 amide bonds. The quantitative estimate of drug-likeness (QED) is 0.537. The molecule has 3 heteroatoms. The summed E-state index contributed by atoms with van der Waals surface area (Å²) in [6, 6.07) is 0. The molecule has 0 fully saturated rings. The number of hydrogen-bond acceptors (Lipinski definition) is 1. The van der Waals surface area contributed by atoms with Crippen LogP contribution in [-0.4, -0.2) is 15.4 Å². The minimum atomic E-state index is 0.695. The zero-order valence-corrected chi connectivity index (χ0v) is 10.3. The summed E-state index contributed by atoms with van der Waals surface area (Å²) in [7, 11) is 0. The fourth-order valence-corrected chi connectivity index (χ4v) is 1.68. The summed E-state index contributed by atoms with van der Waals surface area (Å²) in [6.45, 7) is 5.37. The number of imidazole rings is 1. The molecule has 0 aliphatic heterocycles. The van der Waals surface area contributed by atoms with Gasteiger partial charge >= 0.3 is 0 Å². The first-order valence-electron chi connectivity index (χ1n) is 5.49. The van der Waals surface area contributed by atoms with E-state index in [1.165, 1.54) is 5.57 Å². The Labute approximate surface area is 97.0 Å². The number of aromatic nitrogens is 2. The van der Waals surface area contributed by atoms with Crippen molar-refractivity contribution >= 4 is 11.6 Å². The number of hydrogen-bond donors (Lipinski definition) is 0. The van der Waals surface area contributed by atoms with Crippen molar-refractivity contribution in [1.82, 2.24) is 9.55 Å². The van der Waals surface area contributed by atoms with Crippen LogP contribution in [0.5, 0.6) is 0 Å². The largest absolute Gasteiger partial charge is 0.335 e. The van der Waals surface area contributed by atoms with Gasteiger partial charge < -0.3 is 4.57 Å². The molecule has 1 aromatic heterocycles. The normalized spacial score (nSPS) is 12.1. The Hall–Kier alpha value is -0.760. The first kappa shape index (κ1) is 12.3. The Bertz CT molecular complexity index is 315. The highest BCUT2D eigenvalue weighted by atomic mass is 35.5. The van der Waals surface area contributed by atoms with Gasteiger partial charge in [-0.25, -0.2) is 4.98 Å². The lowest BCUT2D eigenvalue weighted by atomic mass is 10.2. The summed E-state index contributed by atoms with van der Waals surface area (Å²) >= 11 is 5.64. The maximum absolute atomic E-state index is 5.64. The number of rotatable bonds is 6. The van der Waals surface area contributed by atoms with Crippen molar-refractivity contribution in [2.24, 2.45) is 0 Å². The fourth-order valence-electron chi connectivity index (χ4n) is 1.57. The molecule has 1 aromatic rings. The molecule has 0 unspecified atom stereocenters. The maximum Gasteiger partial charge on any atom is 0.112 e. The summed E-state index contributed by atoms with van der Waals surface area (Å²) < 4.78 is 2.22. The highest BCUT2D eigenvalue weighted by molar-refractivity contribution is 6.17. The SMILES string of the molecule is CCCn1ccnc1CC(C)=CCCCl. The first-order valence-corrected chi connectivity index (χ1v) is 6.03. The molecular formula is C12H19ClN2. The third kappa shape index (κ3) is 4.08. The average molecular weight is 227 g/mol. The third-order valence-corrected chi connectivity index (χ3v) is 2.52. The van der Waals surface area contributed by atoms with Crippen molar-refractivity contribution in [2.45, 2.75) is 39.7 Å². The zero-order chi connectivity index (χ0) is 11.1. The number of allylic oxidation sites excluding steroid dienone is 2. The van der Waals surface area contributed by atoms with E-state index in [4.69, 9.17) is 11.6 Å². The molecule has 0 bridgehead atoms. The Kier molecular flexibility index (Phi) is 5.48. The van der Waals surface area contributed by atoms with Crippen LogP contribution in [0.25, 0.3) is 0 Å². The molecule has 0 atom stereocenters. The Morgan fingerprint density at radius 3 is 3.07 bits per heavy atom. The third-order valence-electron chi connectivity index (χ3n) is 2.31. The van der Waals surface area contributed by atoms with Crippen molar-refractivity contribution in [3.05, 3.63) is 29.9 Å². The van der Waals surface area contributed by atoms with Gasteiger partial charge in [0.1, 0.15) is 5.82 Å². The van der Waals surface area contributed by atoms with Crippen LogP contribution in [0.15, 0.2) is 24.0 Å². The molecule has 0 saturated carbocycles. The van der Waals surface area contributed by atoms with Gasteiger partial charge in [0.15, 0.2) is 0 Å². The van der Waals surface area contributed by atoms with Crippen molar-refractivity contribution in [1.29, 1.82) is 0 Å². The predicted octanol–water partition coefficient (Wildman–Crippen LogP) is 3.41. The molecule has 0 spiro atoms. The van der Waals surface area contributed by atoms with Crippen LogP contribution in [0.1, 0.15) is 32.5 Å². The molecular weight excluding hydrogens is 208 g/mol. The van der Waals surface area contributed by atoms with E-state index in [0.29, 0.717) is 5.88 Å². The fraction of sp³-hybridized carbons (Fsp3) is 0.583. The van der Waals surface area contributed by atoms with Gasteiger partial charge in [-0.1, -0.05) is 18.6 Å². The molecule has 0 aliphatic rings. The van der Waals surface area contributed by atoms with Crippen molar-refractivity contribution in [3.63, 3.8) is 0 Å². The topological polar surface area (TPSA) is 17.8 Å². The van der Waals surface area contributed by atoms with Crippen LogP contribution in [0, 0.1) is 0 Å². The van der Waals surface area contributed by atoms with E-state index in [1.54, 1.807) is 0 Å². The average Bonchev–Trinajstić information content (AvgIpc) is 2.63. The van der Waals surface area contributed by atoms with E-state index >= 15 is 0 Å². The van der Waals surface area contributed by atoms with E-state index in [9.17, 15) is 0 Å². The number of halogens is 1.